The summed E-state index contributed by atoms with van der Waals surface area (Å²) in [7, 11) is 0. The Morgan fingerprint density at radius 3 is 2.67 bits per heavy atom. The number of amides is 2. The predicted molar refractivity (Wildman–Crippen MR) is 123 cm³/mol. The van der Waals surface area contributed by atoms with E-state index in [9.17, 15) is 9.59 Å². The van der Waals surface area contributed by atoms with Gasteiger partial charge in [0.1, 0.15) is 0 Å². The lowest BCUT2D eigenvalue weighted by Gasteiger charge is -2.34. The SMILES string of the molecule is Cc1ccc(CN2C(=O)CSc3ccc(C(=O)N[C@@H]4CCC[C@@H](C)[C@H]4C)cc32)cc1. The Bertz CT molecular complexity index is 941. The van der Waals surface area contributed by atoms with Gasteiger partial charge >= 0.3 is 0 Å². The summed E-state index contributed by atoms with van der Waals surface area (Å²) in [4.78, 5) is 28.6. The zero-order chi connectivity index (χ0) is 21.3. The summed E-state index contributed by atoms with van der Waals surface area (Å²) in [5.41, 5.74) is 3.76. The van der Waals surface area contributed by atoms with Gasteiger partial charge in [-0.3, -0.25) is 9.59 Å². The second kappa shape index (κ2) is 8.84. The smallest absolute Gasteiger partial charge is 0.251 e. The third-order valence-electron chi connectivity index (χ3n) is 6.65. The first-order valence-corrected chi connectivity index (χ1v) is 11.8. The van der Waals surface area contributed by atoms with Gasteiger partial charge in [-0.25, -0.2) is 0 Å². The molecule has 1 N–H and O–H groups in total. The lowest BCUT2D eigenvalue weighted by Crippen LogP contribution is -2.43. The minimum atomic E-state index is -0.0398. The first kappa shape index (κ1) is 21.0. The number of nitrogens with zero attached hydrogens (tertiary/aromatic N) is 1. The van der Waals surface area contributed by atoms with Gasteiger partial charge in [0.05, 0.1) is 18.0 Å². The van der Waals surface area contributed by atoms with Gasteiger partial charge in [-0.2, -0.15) is 0 Å². The Hall–Kier alpha value is -2.27. The van der Waals surface area contributed by atoms with Crippen LogP contribution in [0.4, 0.5) is 5.69 Å². The maximum Gasteiger partial charge on any atom is 0.251 e. The summed E-state index contributed by atoms with van der Waals surface area (Å²) in [5.74, 6) is 1.59. The van der Waals surface area contributed by atoms with Gasteiger partial charge in [-0.1, -0.05) is 56.5 Å². The molecule has 2 aromatic rings. The summed E-state index contributed by atoms with van der Waals surface area (Å²) >= 11 is 1.55. The molecule has 4 rings (SSSR count). The number of hydrogen-bond acceptors (Lipinski definition) is 3. The summed E-state index contributed by atoms with van der Waals surface area (Å²) in [5, 5.41) is 3.25. The first-order valence-electron chi connectivity index (χ1n) is 10.9. The summed E-state index contributed by atoms with van der Waals surface area (Å²) < 4.78 is 0. The molecule has 1 aliphatic carbocycles. The van der Waals surface area contributed by atoms with Crippen LogP contribution in [0.15, 0.2) is 47.4 Å². The van der Waals surface area contributed by atoms with Crippen molar-refractivity contribution < 1.29 is 9.59 Å². The number of carbonyl (C=O) groups excluding carboxylic acids is 2. The fourth-order valence-electron chi connectivity index (χ4n) is 4.43. The Morgan fingerprint density at radius 2 is 1.90 bits per heavy atom. The minimum absolute atomic E-state index is 0.0398. The van der Waals surface area contributed by atoms with Crippen molar-refractivity contribution in [1.29, 1.82) is 0 Å². The molecule has 0 saturated heterocycles. The number of carbonyl (C=O) groups is 2. The number of fused-ring (bicyclic) bond motifs is 1. The van der Waals surface area contributed by atoms with Crippen molar-refractivity contribution in [2.75, 3.05) is 10.7 Å². The molecule has 30 heavy (non-hydrogen) atoms. The topological polar surface area (TPSA) is 49.4 Å². The van der Waals surface area contributed by atoms with Crippen LogP contribution in [0, 0.1) is 18.8 Å². The molecule has 0 bridgehead atoms. The highest BCUT2D eigenvalue weighted by Crippen LogP contribution is 2.37. The molecule has 2 aliphatic rings. The van der Waals surface area contributed by atoms with Crippen molar-refractivity contribution in [3.8, 4) is 0 Å². The van der Waals surface area contributed by atoms with Gasteiger partial charge in [0.15, 0.2) is 0 Å². The maximum absolute atomic E-state index is 13.0. The zero-order valence-electron chi connectivity index (χ0n) is 18.0. The van der Waals surface area contributed by atoms with Gasteiger partial charge in [0, 0.05) is 16.5 Å². The molecule has 2 aromatic carbocycles. The van der Waals surface area contributed by atoms with Crippen LogP contribution in [-0.4, -0.2) is 23.6 Å². The number of nitrogens with one attached hydrogen (secondary N) is 1. The highest BCUT2D eigenvalue weighted by Gasteiger charge is 2.30. The molecule has 0 unspecified atom stereocenters. The van der Waals surface area contributed by atoms with E-state index in [-0.39, 0.29) is 17.9 Å². The van der Waals surface area contributed by atoms with Gasteiger partial charge in [0.2, 0.25) is 5.91 Å². The molecular weight excluding hydrogens is 392 g/mol. The fraction of sp³-hybridized carbons (Fsp3) is 0.440. The van der Waals surface area contributed by atoms with E-state index in [1.165, 1.54) is 12.0 Å². The number of hydrogen-bond donors (Lipinski definition) is 1. The Kier molecular flexibility index (Phi) is 6.19. The van der Waals surface area contributed by atoms with Crippen molar-refractivity contribution >= 4 is 29.3 Å². The molecule has 1 saturated carbocycles. The second-order valence-electron chi connectivity index (χ2n) is 8.78. The maximum atomic E-state index is 13.0. The third kappa shape index (κ3) is 4.41. The van der Waals surface area contributed by atoms with Crippen LogP contribution in [0.5, 0.6) is 0 Å². The quantitative estimate of drug-likeness (QED) is 0.738. The average molecular weight is 423 g/mol. The van der Waals surface area contributed by atoms with Crippen LogP contribution in [-0.2, 0) is 11.3 Å². The molecule has 1 heterocycles. The molecule has 0 aromatic heterocycles. The van der Waals surface area contributed by atoms with Crippen LogP contribution in [0.1, 0.15) is 54.6 Å². The minimum Gasteiger partial charge on any atom is -0.349 e. The van der Waals surface area contributed by atoms with E-state index < -0.39 is 0 Å². The average Bonchev–Trinajstić information content (AvgIpc) is 2.74. The van der Waals surface area contributed by atoms with E-state index in [2.05, 4.69) is 50.4 Å². The molecule has 1 fully saturated rings. The van der Waals surface area contributed by atoms with E-state index in [0.29, 0.717) is 29.7 Å². The number of benzene rings is 2. The summed E-state index contributed by atoms with van der Waals surface area (Å²) in [6.07, 6.45) is 3.44. The number of rotatable bonds is 4. The predicted octanol–water partition coefficient (Wildman–Crippen LogP) is 5.19. The van der Waals surface area contributed by atoms with Crippen LogP contribution in [0.2, 0.25) is 0 Å². The van der Waals surface area contributed by atoms with Crippen molar-refractivity contribution in [1.82, 2.24) is 5.32 Å². The second-order valence-corrected chi connectivity index (χ2v) is 9.80. The van der Waals surface area contributed by atoms with Gasteiger partial charge < -0.3 is 10.2 Å². The van der Waals surface area contributed by atoms with Crippen molar-refractivity contribution in [2.24, 2.45) is 11.8 Å². The van der Waals surface area contributed by atoms with E-state index in [4.69, 9.17) is 0 Å². The lowest BCUT2D eigenvalue weighted by molar-refractivity contribution is -0.116. The van der Waals surface area contributed by atoms with Crippen LogP contribution in [0.25, 0.3) is 0 Å². The third-order valence-corrected chi connectivity index (χ3v) is 7.70. The largest absolute Gasteiger partial charge is 0.349 e. The van der Waals surface area contributed by atoms with E-state index >= 15 is 0 Å². The molecular formula is C25H30N2O2S. The van der Waals surface area contributed by atoms with E-state index in [0.717, 1.165) is 29.0 Å². The van der Waals surface area contributed by atoms with Crippen molar-refractivity contribution in [2.45, 2.75) is 57.5 Å². The molecule has 5 heteroatoms. The van der Waals surface area contributed by atoms with Gasteiger partial charge in [-0.15, -0.1) is 11.8 Å². The number of aryl methyl sites for hydroxylation is 1. The lowest BCUT2D eigenvalue weighted by atomic mass is 9.78. The first-order chi connectivity index (χ1) is 14.4. The summed E-state index contributed by atoms with van der Waals surface area (Å²) in [6, 6.07) is 14.2. The van der Waals surface area contributed by atoms with Crippen molar-refractivity contribution in [3.63, 3.8) is 0 Å². The molecule has 1 aliphatic heterocycles. The highest BCUT2D eigenvalue weighted by molar-refractivity contribution is 8.00. The highest BCUT2D eigenvalue weighted by atomic mass is 32.2. The standard InChI is InChI=1S/C25H30N2O2S/c1-16-7-9-19(10-8-16)14-27-22-13-20(11-12-23(22)30-15-24(27)28)25(29)26-21-6-4-5-17(2)18(21)3/h7-13,17-18,21H,4-6,14-15H2,1-3H3,(H,26,29)/t17-,18-,21-/m1/s1. The molecule has 158 valence electrons. The number of thioether (sulfide) groups is 1. The van der Waals surface area contributed by atoms with E-state index in [1.54, 1.807) is 11.8 Å². The summed E-state index contributed by atoms with van der Waals surface area (Å²) in [6.45, 7) is 7.09. The monoisotopic (exact) mass is 422 g/mol. The Morgan fingerprint density at radius 1 is 1.13 bits per heavy atom. The Labute approximate surface area is 183 Å². The molecule has 2 amide bonds. The van der Waals surface area contributed by atoms with Gasteiger partial charge in [-0.05, 0) is 48.9 Å². The Balaban J connectivity index is 1.56. The zero-order valence-corrected chi connectivity index (χ0v) is 18.8. The molecule has 0 radical (unpaired) electrons. The molecule has 4 nitrogen and oxygen atoms in total. The van der Waals surface area contributed by atoms with Crippen molar-refractivity contribution in [3.05, 3.63) is 59.2 Å². The number of anilines is 1. The normalized spacial score (nSPS) is 23.8. The fourth-order valence-corrected chi connectivity index (χ4v) is 5.35. The molecule has 0 spiro atoms. The van der Waals surface area contributed by atoms with Crippen LogP contribution >= 0.6 is 11.8 Å². The van der Waals surface area contributed by atoms with E-state index in [1.807, 2.05) is 23.1 Å². The van der Waals surface area contributed by atoms with Crippen LogP contribution < -0.4 is 10.2 Å². The van der Waals surface area contributed by atoms with Crippen LogP contribution in [0.3, 0.4) is 0 Å². The molecule has 3 atom stereocenters. The van der Waals surface area contributed by atoms with Gasteiger partial charge in [0.25, 0.3) is 5.91 Å².